The first-order valence-corrected chi connectivity index (χ1v) is 13.1. The maximum Gasteiger partial charge on any atom is 0.416 e. The minimum atomic E-state index is -5.03. The van der Waals surface area contributed by atoms with Gasteiger partial charge in [-0.3, -0.25) is 9.59 Å². The maximum absolute atomic E-state index is 13.9. The molecule has 4 nitrogen and oxygen atoms in total. The van der Waals surface area contributed by atoms with Crippen LogP contribution in [0.4, 0.5) is 30.7 Å². The van der Waals surface area contributed by atoms with E-state index < -0.39 is 47.2 Å². The van der Waals surface area contributed by atoms with Gasteiger partial charge in [0.1, 0.15) is 5.82 Å². The number of nitrogens with zero attached hydrogens (tertiary/aromatic N) is 2. The average Bonchev–Trinajstić information content (AvgIpc) is 3.52. The number of halogens is 7. The molecule has 0 N–H and O–H groups in total. The minimum Gasteiger partial charge on any atom is -0.374 e. The summed E-state index contributed by atoms with van der Waals surface area (Å²) < 4.78 is 94.7. The van der Waals surface area contributed by atoms with Crippen molar-refractivity contribution in [1.82, 2.24) is 9.80 Å². The van der Waals surface area contributed by atoms with Gasteiger partial charge in [0.05, 0.1) is 23.1 Å². The molecule has 5 rings (SSSR count). The van der Waals surface area contributed by atoms with E-state index in [0.29, 0.717) is 50.0 Å². The summed E-state index contributed by atoms with van der Waals surface area (Å²) in [5, 5.41) is 0. The molecule has 0 saturated carbocycles. The highest BCUT2D eigenvalue weighted by atomic mass is 19.4. The number of carbonyl (C=O) groups excluding carboxylic acids is 2. The molecule has 1 aliphatic carbocycles. The third-order valence-electron chi connectivity index (χ3n) is 8.31. The minimum absolute atomic E-state index is 0.0447. The van der Waals surface area contributed by atoms with Gasteiger partial charge in [0.2, 0.25) is 5.91 Å². The number of piperidine rings is 1. The molecule has 3 aliphatic rings. The molecular weight excluding hydrogens is 541 g/mol. The highest BCUT2D eigenvalue weighted by Crippen LogP contribution is 2.47. The van der Waals surface area contributed by atoms with E-state index in [1.165, 1.54) is 24.0 Å². The molecule has 11 heteroatoms. The van der Waals surface area contributed by atoms with Gasteiger partial charge in [-0.25, -0.2) is 4.39 Å². The van der Waals surface area contributed by atoms with Gasteiger partial charge in [0.25, 0.3) is 0 Å². The summed E-state index contributed by atoms with van der Waals surface area (Å²) in [6.07, 6.45) is -6.80. The lowest BCUT2D eigenvalue weighted by Gasteiger charge is -2.44. The standard InChI is InChI=1S/C29H27F7N2O2/c1-16(19-10-20(28(31,32)33)12-21(11-19)29(34,35)36)27(40)38-9-8-18-14-37(23-6-7-24(39)13-23)15-25(18)26(38)17-2-4-22(30)5-3-17/h2-5,10-13,16,18,25-26H,6-9,14-15H2,1H3/t16?,18-,25?,26+/m1/s1. The van der Waals surface area contributed by atoms with Gasteiger partial charge in [-0.15, -0.1) is 0 Å². The van der Waals surface area contributed by atoms with Crippen molar-refractivity contribution in [2.45, 2.75) is 50.5 Å². The fraction of sp³-hybridized carbons (Fsp3) is 0.448. The molecule has 0 aromatic heterocycles. The van der Waals surface area contributed by atoms with E-state index in [-0.39, 0.29) is 35.8 Å². The first-order valence-electron chi connectivity index (χ1n) is 13.1. The predicted molar refractivity (Wildman–Crippen MR) is 131 cm³/mol. The van der Waals surface area contributed by atoms with Crippen LogP contribution in [0.25, 0.3) is 0 Å². The molecule has 0 spiro atoms. The Morgan fingerprint density at radius 2 is 1.55 bits per heavy atom. The second-order valence-corrected chi connectivity index (χ2v) is 10.8. The van der Waals surface area contributed by atoms with Crippen LogP contribution in [0.2, 0.25) is 0 Å². The van der Waals surface area contributed by atoms with Crippen molar-refractivity contribution in [2.24, 2.45) is 11.8 Å². The number of hydrogen-bond acceptors (Lipinski definition) is 3. The van der Waals surface area contributed by atoms with Crippen LogP contribution < -0.4 is 0 Å². The molecule has 0 bridgehead atoms. The van der Waals surface area contributed by atoms with Crippen LogP contribution in [0.1, 0.15) is 60.4 Å². The lowest BCUT2D eigenvalue weighted by Crippen LogP contribution is -2.47. The number of fused-ring (bicyclic) bond motifs is 1. The molecule has 0 radical (unpaired) electrons. The van der Waals surface area contributed by atoms with Crippen molar-refractivity contribution in [3.05, 3.63) is 82.3 Å². The molecule has 2 aromatic carbocycles. The lowest BCUT2D eigenvalue weighted by atomic mass is 9.78. The van der Waals surface area contributed by atoms with Crippen LogP contribution in [-0.4, -0.2) is 41.1 Å². The van der Waals surface area contributed by atoms with Crippen LogP contribution in [0.5, 0.6) is 0 Å². The smallest absolute Gasteiger partial charge is 0.374 e. The Kier molecular flexibility index (Phi) is 7.20. The number of alkyl halides is 6. The number of hydrogen-bond donors (Lipinski definition) is 0. The molecule has 214 valence electrons. The average molecular weight is 569 g/mol. The Balaban J connectivity index is 1.49. The van der Waals surface area contributed by atoms with Gasteiger partial charge in [0, 0.05) is 43.7 Å². The molecule has 2 unspecified atom stereocenters. The third-order valence-corrected chi connectivity index (χ3v) is 8.31. The monoisotopic (exact) mass is 568 g/mol. The van der Waals surface area contributed by atoms with E-state index in [4.69, 9.17) is 0 Å². The van der Waals surface area contributed by atoms with Crippen LogP contribution in [0, 0.1) is 17.7 Å². The number of likely N-dealkylation sites (tertiary alicyclic amines) is 2. The van der Waals surface area contributed by atoms with E-state index in [0.717, 1.165) is 5.70 Å². The summed E-state index contributed by atoms with van der Waals surface area (Å²) in [4.78, 5) is 29.3. The van der Waals surface area contributed by atoms with Crippen molar-refractivity contribution < 1.29 is 40.3 Å². The Hall–Kier alpha value is -3.37. The zero-order valence-electron chi connectivity index (χ0n) is 21.5. The highest BCUT2D eigenvalue weighted by Gasteiger charge is 2.47. The Labute approximate surface area is 226 Å². The molecule has 2 saturated heterocycles. The molecule has 2 heterocycles. The van der Waals surface area contributed by atoms with Crippen molar-refractivity contribution in [3.8, 4) is 0 Å². The molecule has 1 amide bonds. The molecule has 4 atom stereocenters. The number of amides is 1. The Morgan fingerprint density at radius 1 is 0.925 bits per heavy atom. The quantitative estimate of drug-likeness (QED) is 0.384. The number of rotatable bonds is 4. The first-order chi connectivity index (χ1) is 18.7. The van der Waals surface area contributed by atoms with Gasteiger partial charge in [-0.2, -0.15) is 26.3 Å². The van der Waals surface area contributed by atoms with Gasteiger partial charge in [-0.05, 0) is 67.1 Å². The third kappa shape index (κ3) is 5.47. The summed E-state index contributed by atoms with van der Waals surface area (Å²) in [6, 6.07) is 6.31. The van der Waals surface area contributed by atoms with Crippen molar-refractivity contribution in [2.75, 3.05) is 19.6 Å². The summed E-state index contributed by atoms with van der Waals surface area (Å²) in [6.45, 7) is 2.73. The Bertz CT molecular complexity index is 1300. The molecular formula is C29H27F7N2O2. The van der Waals surface area contributed by atoms with Gasteiger partial charge in [-0.1, -0.05) is 12.1 Å². The van der Waals surface area contributed by atoms with E-state index in [9.17, 15) is 40.3 Å². The van der Waals surface area contributed by atoms with Crippen molar-refractivity contribution >= 4 is 11.7 Å². The fourth-order valence-electron chi connectivity index (χ4n) is 6.25. The zero-order valence-corrected chi connectivity index (χ0v) is 21.5. The first kappa shape index (κ1) is 28.2. The zero-order chi connectivity index (χ0) is 29.0. The topological polar surface area (TPSA) is 40.6 Å². The molecule has 2 aromatic rings. The Morgan fingerprint density at radius 3 is 2.10 bits per heavy atom. The largest absolute Gasteiger partial charge is 0.416 e. The van der Waals surface area contributed by atoms with Gasteiger partial charge in [0.15, 0.2) is 5.78 Å². The molecule has 2 fully saturated rings. The second kappa shape index (κ2) is 10.2. The summed E-state index contributed by atoms with van der Waals surface area (Å²) in [5.74, 6) is -2.32. The summed E-state index contributed by atoms with van der Waals surface area (Å²) in [5.41, 5.74) is -1.77. The van der Waals surface area contributed by atoms with Crippen LogP contribution in [-0.2, 0) is 21.9 Å². The van der Waals surface area contributed by atoms with Crippen molar-refractivity contribution in [3.63, 3.8) is 0 Å². The normalized spacial score (nSPS) is 24.2. The second-order valence-electron chi connectivity index (χ2n) is 10.8. The van der Waals surface area contributed by atoms with Crippen LogP contribution in [0.15, 0.2) is 54.2 Å². The summed E-state index contributed by atoms with van der Waals surface area (Å²) >= 11 is 0. The van der Waals surface area contributed by atoms with Gasteiger partial charge >= 0.3 is 12.4 Å². The molecule has 2 aliphatic heterocycles. The maximum atomic E-state index is 13.9. The number of carbonyl (C=O) groups is 2. The number of ketones is 1. The SMILES string of the molecule is CC(C(=O)N1CC[C@@H]2CN(C3=CC(=O)CC3)CC2[C@@H]1c1ccc(F)cc1)c1cc(C(F)(F)F)cc(C(F)(F)F)c1. The van der Waals surface area contributed by atoms with E-state index in [1.54, 1.807) is 18.2 Å². The number of allylic oxidation sites excluding steroid dienone is 2. The van der Waals surface area contributed by atoms with Crippen LogP contribution in [0.3, 0.4) is 0 Å². The summed E-state index contributed by atoms with van der Waals surface area (Å²) in [7, 11) is 0. The highest BCUT2D eigenvalue weighted by molar-refractivity contribution is 5.92. The predicted octanol–water partition coefficient (Wildman–Crippen LogP) is 6.74. The van der Waals surface area contributed by atoms with Crippen molar-refractivity contribution in [1.29, 1.82) is 0 Å². The van der Waals surface area contributed by atoms with Gasteiger partial charge < -0.3 is 9.80 Å². The van der Waals surface area contributed by atoms with E-state index in [2.05, 4.69) is 4.90 Å². The van der Waals surface area contributed by atoms with Crippen LogP contribution >= 0.6 is 0 Å². The fourth-order valence-corrected chi connectivity index (χ4v) is 6.25. The number of benzene rings is 2. The lowest BCUT2D eigenvalue weighted by molar-refractivity contribution is -0.144. The molecule has 40 heavy (non-hydrogen) atoms. The van der Waals surface area contributed by atoms with E-state index in [1.807, 2.05) is 0 Å². The van der Waals surface area contributed by atoms with E-state index >= 15 is 0 Å².